The number of methoxy groups -OCH3 is 1. The summed E-state index contributed by atoms with van der Waals surface area (Å²) >= 11 is 0. The van der Waals surface area contributed by atoms with Crippen molar-refractivity contribution in [3.05, 3.63) is 48.0 Å². The molecule has 3 atom stereocenters. The molecule has 0 saturated carbocycles. The van der Waals surface area contributed by atoms with Gasteiger partial charge in [0.15, 0.2) is 0 Å². The minimum absolute atomic E-state index is 0.0211. The summed E-state index contributed by atoms with van der Waals surface area (Å²) in [4.78, 5) is 25.3. The largest absolute Gasteiger partial charge is 0.469 e. The fourth-order valence-electron chi connectivity index (χ4n) is 3.64. The van der Waals surface area contributed by atoms with E-state index in [4.69, 9.17) is 0 Å². The first kappa shape index (κ1) is 24.7. The van der Waals surface area contributed by atoms with Gasteiger partial charge in [-0.05, 0) is 37.3 Å². The van der Waals surface area contributed by atoms with Crippen LogP contribution >= 0.6 is 0 Å². The van der Waals surface area contributed by atoms with Crippen LogP contribution in [0.25, 0.3) is 0 Å². The number of benzene rings is 1. The Balaban J connectivity index is 1.74. The highest BCUT2D eigenvalue weighted by atomic mass is 16.5. The van der Waals surface area contributed by atoms with Crippen molar-refractivity contribution in [2.24, 2.45) is 5.92 Å². The molecule has 31 heavy (non-hydrogen) atoms. The van der Waals surface area contributed by atoms with Crippen molar-refractivity contribution in [2.45, 2.75) is 70.4 Å². The van der Waals surface area contributed by atoms with Crippen molar-refractivity contribution in [1.29, 1.82) is 0 Å². The highest BCUT2D eigenvalue weighted by molar-refractivity contribution is 5.79. The van der Waals surface area contributed by atoms with E-state index in [1.807, 2.05) is 54.3 Å². The molecular formula is C26H35NO4. The monoisotopic (exact) mass is 425 g/mol. The third-order valence-corrected chi connectivity index (χ3v) is 5.68. The highest BCUT2D eigenvalue weighted by Gasteiger charge is 2.28. The van der Waals surface area contributed by atoms with Crippen LogP contribution in [0.1, 0.15) is 63.9 Å². The number of nitrogens with zero attached hydrogens (tertiary/aromatic N) is 1. The standard InChI is InChI=1S/C26H35NO4/c1-21(11-10-14-22-12-6-5-7-13-22)24(28)18-16-23-17-19-25(29)27(23)20-9-4-3-8-15-26(30)31-2/h5-7,12-13,16,18,21,23-24,28H,3-4,8-9,11,15,17,19-20H2,1-2H3/t21-,23-,24+/m0/s1. The first-order valence-electron chi connectivity index (χ1n) is 11.3. The average Bonchev–Trinajstić information content (AvgIpc) is 3.14. The molecule has 0 unspecified atom stereocenters. The second kappa shape index (κ2) is 13.7. The zero-order chi connectivity index (χ0) is 22.5. The van der Waals surface area contributed by atoms with Crippen LogP contribution in [0.5, 0.6) is 0 Å². The first-order valence-corrected chi connectivity index (χ1v) is 11.3. The zero-order valence-electron chi connectivity index (χ0n) is 18.8. The summed E-state index contributed by atoms with van der Waals surface area (Å²) in [5.41, 5.74) is 0.977. The molecule has 1 aromatic carbocycles. The number of likely N-dealkylation sites (tertiary alicyclic amines) is 1. The van der Waals surface area contributed by atoms with Crippen LogP contribution in [-0.2, 0) is 14.3 Å². The number of amides is 1. The quantitative estimate of drug-likeness (QED) is 0.251. The molecule has 5 nitrogen and oxygen atoms in total. The lowest BCUT2D eigenvalue weighted by Gasteiger charge is -2.23. The van der Waals surface area contributed by atoms with Crippen LogP contribution in [0.15, 0.2) is 42.5 Å². The molecule has 1 amide bonds. The number of carbonyl (C=O) groups excluding carboxylic acids is 2. The summed E-state index contributed by atoms with van der Waals surface area (Å²) in [5, 5.41) is 10.5. The van der Waals surface area contributed by atoms with Crippen molar-refractivity contribution in [2.75, 3.05) is 13.7 Å². The molecule has 1 fully saturated rings. The van der Waals surface area contributed by atoms with Gasteiger partial charge in [0.05, 0.1) is 19.3 Å². The lowest BCUT2D eigenvalue weighted by atomic mass is 9.99. The third-order valence-electron chi connectivity index (χ3n) is 5.68. The van der Waals surface area contributed by atoms with Gasteiger partial charge in [-0.15, -0.1) is 0 Å². The lowest BCUT2D eigenvalue weighted by Crippen LogP contribution is -2.33. The Hall–Kier alpha value is -2.58. The van der Waals surface area contributed by atoms with Gasteiger partial charge in [-0.3, -0.25) is 9.59 Å². The number of hydrogen-bond donors (Lipinski definition) is 1. The topological polar surface area (TPSA) is 66.8 Å². The van der Waals surface area contributed by atoms with E-state index in [2.05, 4.69) is 16.6 Å². The van der Waals surface area contributed by atoms with E-state index in [9.17, 15) is 14.7 Å². The Morgan fingerprint density at radius 2 is 2.00 bits per heavy atom. The van der Waals surface area contributed by atoms with Crippen molar-refractivity contribution in [3.8, 4) is 11.8 Å². The van der Waals surface area contributed by atoms with E-state index in [1.165, 1.54) is 7.11 Å². The molecule has 0 radical (unpaired) electrons. The normalized spacial score (nSPS) is 18.0. The highest BCUT2D eigenvalue weighted by Crippen LogP contribution is 2.22. The van der Waals surface area contributed by atoms with Gasteiger partial charge < -0.3 is 14.7 Å². The smallest absolute Gasteiger partial charge is 0.305 e. The van der Waals surface area contributed by atoms with E-state index >= 15 is 0 Å². The van der Waals surface area contributed by atoms with Gasteiger partial charge in [0.1, 0.15) is 0 Å². The number of aliphatic hydroxyl groups is 1. The molecular weight excluding hydrogens is 390 g/mol. The molecule has 1 heterocycles. The molecule has 2 rings (SSSR count). The molecule has 168 valence electrons. The minimum atomic E-state index is -0.582. The van der Waals surface area contributed by atoms with E-state index < -0.39 is 6.10 Å². The molecule has 1 N–H and O–H groups in total. The number of aliphatic hydroxyl groups excluding tert-OH is 1. The summed E-state index contributed by atoms with van der Waals surface area (Å²) in [6, 6.07) is 9.88. The Bertz CT molecular complexity index is 778. The van der Waals surface area contributed by atoms with Crippen molar-refractivity contribution < 1.29 is 19.4 Å². The van der Waals surface area contributed by atoms with E-state index in [1.54, 1.807) is 0 Å². The molecule has 0 spiro atoms. The molecule has 0 aliphatic carbocycles. The van der Waals surface area contributed by atoms with Crippen molar-refractivity contribution in [1.82, 2.24) is 4.90 Å². The molecule has 0 aromatic heterocycles. The summed E-state index contributed by atoms with van der Waals surface area (Å²) in [6.07, 6.45) is 9.32. The van der Waals surface area contributed by atoms with Crippen LogP contribution in [0.2, 0.25) is 0 Å². The predicted molar refractivity (Wildman–Crippen MR) is 122 cm³/mol. The summed E-state index contributed by atoms with van der Waals surface area (Å²) in [7, 11) is 1.41. The molecule has 5 heteroatoms. The van der Waals surface area contributed by atoms with Gasteiger partial charge >= 0.3 is 5.97 Å². The number of esters is 1. The Kier molecular flexibility index (Phi) is 10.9. The average molecular weight is 426 g/mol. The van der Waals surface area contributed by atoms with E-state index in [0.29, 0.717) is 19.3 Å². The fourth-order valence-corrected chi connectivity index (χ4v) is 3.64. The zero-order valence-corrected chi connectivity index (χ0v) is 18.8. The van der Waals surface area contributed by atoms with Crippen LogP contribution in [-0.4, -0.2) is 47.7 Å². The minimum Gasteiger partial charge on any atom is -0.469 e. The number of unbranched alkanes of at least 4 members (excludes halogenated alkanes) is 3. The summed E-state index contributed by atoms with van der Waals surface area (Å²) < 4.78 is 4.64. The van der Waals surface area contributed by atoms with Gasteiger partial charge in [0, 0.05) is 31.4 Å². The Morgan fingerprint density at radius 1 is 1.26 bits per heavy atom. The van der Waals surface area contributed by atoms with Gasteiger partial charge in [0.2, 0.25) is 5.91 Å². The molecule has 1 aromatic rings. The maximum atomic E-state index is 12.2. The number of hydrogen-bond acceptors (Lipinski definition) is 4. The van der Waals surface area contributed by atoms with Gasteiger partial charge in [-0.25, -0.2) is 0 Å². The van der Waals surface area contributed by atoms with Gasteiger partial charge in [-0.2, -0.15) is 0 Å². The Morgan fingerprint density at radius 3 is 2.74 bits per heavy atom. The second-order valence-electron chi connectivity index (χ2n) is 8.16. The van der Waals surface area contributed by atoms with Gasteiger partial charge in [-0.1, -0.05) is 62.0 Å². The lowest BCUT2D eigenvalue weighted by molar-refractivity contribution is -0.140. The van der Waals surface area contributed by atoms with Crippen LogP contribution in [0.4, 0.5) is 0 Å². The summed E-state index contributed by atoms with van der Waals surface area (Å²) in [6.45, 7) is 2.71. The predicted octanol–water partition coefficient (Wildman–Crippen LogP) is 4.10. The van der Waals surface area contributed by atoms with Crippen molar-refractivity contribution in [3.63, 3.8) is 0 Å². The fraction of sp³-hybridized carbons (Fsp3) is 0.538. The third kappa shape index (κ3) is 8.98. The van der Waals surface area contributed by atoms with E-state index in [0.717, 1.165) is 44.2 Å². The number of carbonyl (C=O) groups is 2. The van der Waals surface area contributed by atoms with Crippen LogP contribution < -0.4 is 0 Å². The second-order valence-corrected chi connectivity index (χ2v) is 8.16. The molecule has 1 aliphatic rings. The van der Waals surface area contributed by atoms with Gasteiger partial charge in [0.25, 0.3) is 0 Å². The van der Waals surface area contributed by atoms with Crippen LogP contribution in [0.3, 0.4) is 0 Å². The van der Waals surface area contributed by atoms with E-state index in [-0.39, 0.29) is 23.8 Å². The SMILES string of the molecule is COC(=O)CCCCCCN1C(=O)CC[C@@H]1C=C[C@@H](O)[C@@H](C)CC#Cc1ccccc1. The summed E-state index contributed by atoms with van der Waals surface area (Å²) in [5.74, 6) is 6.30. The maximum Gasteiger partial charge on any atom is 0.305 e. The Labute approximate surface area is 186 Å². The molecule has 1 aliphatic heterocycles. The van der Waals surface area contributed by atoms with Crippen LogP contribution in [0, 0.1) is 17.8 Å². The number of rotatable bonds is 11. The number of ether oxygens (including phenoxy) is 1. The first-order chi connectivity index (χ1) is 15.0. The maximum absolute atomic E-state index is 12.2. The molecule has 0 bridgehead atoms. The molecule has 1 saturated heterocycles. The van der Waals surface area contributed by atoms with Crippen molar-refractivity contribution >= 4 is 11.9 Å².